The molecule has 3 heteroatoms. The predicted molar refractivity (Wildman–Crippen MR) is 104 cm³/mol. The molecule has 0 spiro atoms. The van der Waals surface area contributed by atoms with Crippen LogP contribution in [-0.2, 0) is 0 Å². The van der Waals surface area contributed by atoms with Gasteiger partial charge in [-0.3, -0.25) is 0 Å². The Labute approximate surface area is 152 Å². The van der Waals surface area contributed by atoms with Gasteiger partial charge in [-0.1, -0.05) is 72.3 Å². The van der Waals surface area contributed by atoms with Gasteiger partial charge in [0.05, 0.1) is 11.4 Å². The molecule has 2 nitrogen and oxygen atoms in total. The Morgan fingerprint density at radius 1 is 0.760 bits per heavy atom. The van der Waals surface area contributed by atoms with Gasteiger partial charge in [-0.2, -0.15) is 0 Å². The van der Waals surface area contributed by atoms with Gasteiger partial charge < -0.3 is 0 Å². The lowest BCUT2D eigenvalue weighted by Gasteiger charge is -2.11. The Hall–Kier alpha value is -2.71. The van der Waals surface area contributed by atoms with E-state index in [1.54, 1.807) is 0 Å². The second-order valence-electron chi connectivity index (χ2n) is 5.98. The van der Waals surface area contributed by atoms with Crippen LogP contribution in [-0.4, -0.2) is 9.97 Å². The highest BCUT2D eigenvalue weighted by molar-refractivity contribution is 6.30. The van der Waals surface area contributed by atoms with Crippen molar-refractivity contribution in [3.05, 3.63) is 89.6 Å². The number of hydrogen-bond acceptors (Lipinski definition) is 2. The predicted octanol–water partition coefficient (Wildman–Crippen LogP) is 6.20. The molecule has 25 heavy (non-hydrogen) atoms. The molecule has 4 rings (SSSR count). The molecule has 0 bridgehead atoms. The third-order valence-corrected chi connectivity index (χ3v) is 4.40. The first-order valence-corrected chi connectivity index (χ1v) is 8.75. The molecule has 1 heterocycles. The highest BCUT2D eigenvalue weighted by Crippen LogP contribution is 2.28. The Morgan fingerprint density at radius 3 is 2.32 bits per heavy atom. The fourth-order valence-corrected chi connectivity index (χ4v) is 3.10. The van der Waals surface area contributed by atoms with Crippen LogP contribution in [0.25, 0.3) is 28.2 Å². The number of nitrogens with zero attached hydrogens (tertiary/aromatic N) is 2. The normalized spacial score (nSPS) is 13.6. The summed E-state index contributed by atoms with van der Waals surface area (Å²) in [6.45, 7) is 0. The number of hydrogen-bond donors (Lipinski definition) is 0. The largest absolute Gasteiger partial charge is 0.228 e. The maximum Gasteiger partial charge on any atom is 0.160 e. The van der Waals surface area contributed by atoms with E-state index >= 15 is 0 Å². The van der Waals surface area contributed by atoms with Gasteiger partial charge in [0.15, 0.2) is 5.82 Å². The van der Waals surface area contributed by atoms with Crippen LogP contribution in [0.15, 0.2) is 78.9 Å². The smallest absolute Gasteiger partial charge is 0.160 e. The molecule has 1 aliphatic carbocycles. The van der Waals surface area contributed by atoms with Crippen molar-refractivity contribution in [2.24, 2.45) is 0 Å². The molecule has 122 valence electrons. The summed E-state index contributed by atoms with van der Waals surface area (Å²) in [7, 11) is 0. The van der Waals surface area contributed by atoms with E-state index in [1.807, 2.05) is 42.5 Å². The van der Waals surface area contributed by atoms with Gasteiger partial charge in [0.2, 0.25) is 0 Å². The fourth-order valence-electron chi connectivity index (χ4n) is 2.91. The van der Waals surface area contributed by atoms with Gasteiger partial charge in [0, 0.05) is 16.1 Å². The second-order valence-corrected chi connectivity index (χ2v) is 6.41. The number of rotatable bonds is 3. The minimum Gasteiger partial charge on any atom is -0.228 e. The molecule has 0 saturated heterocycles. The number of aromatic nitrogens is 2. The van der Waals surface area contributed by atoms with Gasteiger partial charge in [-0.05, 0) is 36.6 Å². The zero-order valence-corrected chi connectivity index (χ0v) is 14.4. The summed E-state index contributed by atoms with van der Waals surface area (Å²) in [6.07, 6.45) is 8.70. The highest BCUT2D eigenvalue weighted by atomic mass is 35.5. The Kier molecular flexibility index (Phi) is 4.45. The van der Waals surface area contributed by atoms with E-state index in [9.17, 15) is 0 Å². The lowest BCUT2D eigenvalue weighted by molar-refractivity contribution is 1.03. The van der Waals surface area contributed by atoms with Crippen LogP contribution >= 0.6 is 11.6 Å². The van der Waals surface area contributed by atoms with Crippen molar-refractivity contribution in [3.8, 4) is 22.6 Å². The van der Waals surface area contributed by atoms with Gasteiger partial charge in [0.1, 0.15) is 0 Å². The van der Waals surface area contributed by atoms with Crippen LogP contribution in [0.3, 0.4) is 0 Å². The zero-order chi connectivity index (χ0) is 17.1. The lowest BCUT2D eigenvalue weighted by atomic mass is 10.0. The minimum absolute atomic E-state index is 0.685. The van der Waals surface area contributed by atoms with Gasteiger partial charge in [-0.25, -0.2) is 9.97 Å². The Morgan fingerprint density at radius 2 is 1.56 bits per heavy atom. The topological polar surface area (TPSA) is 25.8 Å². The number of benzene rings is 2. The summed E-state index contributed by atoms with van der Waals surface area (Å²) >= 11 is 6.16. The molecule has 3 aromatic rings. The molecule has 0 unspecified atom stereocenters. The van der Waals surface area contributed by atoms with E-state index < -0.39 is 0 Å². The molecule has 1 aromatic heterocycles. The monoisotopic (exact) mass is 344 g/mol. The van der Waals surface area contributed by atoms with E-state index in [0.29, 0.717) is 10.8 Å². The van der Waals surface area contributed by atoms with Crippen LogP contribution in [0.4, 0.5) is 0 Å². The molecule has 0 saturated carbocycles. The first-order valence-electron chi connectivity index (χ1n) is 8.37. The highest BCUT2D eigenvalue weighted by Gasteiger charge is 2.11. The van der Waals surface area contributed by atoms with E-state index in [4.69, 9.17) is 21.6 Å². The Bertz CT molecular complexity index is 959. The number of allylic oxidation sites excluding steroid dienone is 4. The summed E-state index contributed by atoms with van der Waals surface area (Å²) < 4.78 is 0. The van der Waals surface area contributed by atoms with Crippen molar-refractivity contribution >= 4 is 17.2 Å². The molecule has 0 aliphatic heterocycles. The van der Waals surface area contributed by atoms with E-state index in [1.165, 1.54) is 0 Å². The average Bonchev–Trinajstić information content (AvgIpc) is 2.69. The molecule has 0 atom stereocenters. The summed E-state index contributed by atoms with van der Waals surface area (Å²) in [6, 6.07) is 19.9. The summed E-state index contributed by atoms with van der Waals surface area (Å²) in [5, 5.41) is 0.685. The molecule has 0 N–H and O–H groups in total. The van der Waals surface area contributed by atoms with Gasteiger partial charge in [0.25, 0.3) is 0 Å². The van der Waals surface area contributed by atoms with Crippen LogP contribution in [0.5, 0.6) is 0 Å². The maximum atomic E-state index is 6.16. The lowest BCUT2D eigenvalue weighted by Crippen LogP contribution is -1.98. The molecule has 0 amide bonds. The number of halogens is 1. The molecule has 0 fully saturated rings. The maximum absolute atomic E-state index is 6.16. The summed E-state index contributed by atoms with van der Waals surface area (Å²) in [5.74, 6) is 0.693. The Balaban J connectivity index is 1.89. The van der Waals surface area contributed by atoms with Crippen molar-refractivity contribution in [2.75, 3.05) is 0 Å². The fraction of sp³-hybridized carbons (Fsp3) is 0.0909. The van der Waals surface area contributed by atoms with E-state index in [0.717, 1.165) is 40.9 Å². The summed E-state index contributed by atoms with van der Waals surface area (Å²) in [5.41, 5.74) is 5.01. The molecular formula is C22H17ClN2. The average molecular weight is 345 g/mol. The minimum atomic E-state index is 0.685. The van der Waals surface area contributed by atoms with Crippen molar-refractivity contribution in [1.29, 1.82) is 0 Å². The second kappa shape index (κ2) is 7.04. The molecule has 0 radical (unpaired) electrons. The van der Waals surface area contributed by atoms with Gasteiger partial charge in [-0.15, -0.1) is 0 Å². The first kappa shape index (κ1) is 15.8. The summed E-state index contributed by atoms with van der Waals surface area (Å²) in [4.78, 5) is 9.59. The third-order valence-electron chi connectivity index (χ3n) is 4.17. The molecule has 2 aromatic carbocycles. The third kappa shape index (κ3) is 3.54. The van der Waals surface area contributed by atoms with Crippen molar-refractivity contribution in [1.82, 2.24) is 9.97 Å². The van der Waals surface area contributed by atoms with E-state index in [-0.39, 0.29) is 0 Å². The van der Waals surface area contributed by atoms with Crippen LogP contribution in [0.1, 0.15) is 18.5 Å². The van der Waals surface area contributed by atoms with Crippen molar-refractivity contribution < 1.29 is 0 Å². The SMILES string of the molecule is Clc1cccc(-c2nc(C3=CCCC=C3)cc(-c3ccccc3)n2)c1. The zero-order valence-electron chi connectivity index (χ0n) is 13.7. The van der Waals surface area contributed by atoms with Crippen molar-refractivity contribution in [2.45, 2.75) is 12.8 Å². The van der Waals surface area contributed by atoms with Crippen LogP contribution < -0.4 is 0 Å². The van der Waals surface area contributed by atoms with E-state index in [2.05, 4.69) is 36.4 Å². The van der Waals surface area contributed by atoms with Crippen molar-refractivity contribution in [3.63, 3.8) is 0 Å². The standard InChI is InChI=1S/C22H17ClN2/c23-19-13-7-12-18(14-19)22-24-20(16-8-3-1-4-9-16)15-21(25-22)17-10-5-2-6-11-17/h1,3-5,7-15H,2,6H2. The molecular weight excluding hydrogens is 328 g/mol. The first-order chi connectivity index (χ1) is 12.3. The molecule has 1 aliphatic rings. The van der Waals surface area contributed by atoms with Crippen LogP contribution in [0.2, 0.25) is 5.02 Å². The van der Waals surface area contributed by atoms with Gasteiger partial charge >= 0.3 is 0 Å². The van der Waals surface area contributed by atoms with Crippen LogP contribution in [0, 0.1) is 0 Å². The quantitative estimate of drug-likeness (QED) is 0.565.